The number of anilines is 1. The Morgan fingerprint density at radius 1 is 1.29 bits per heavy atom. The second kappa shape index (κ2) is 6.61. The molecule has 5 nitrogen and oxygen atoms in total. The number of aryl methyl sites for hydroxylation is 1. The summed E-state index contributed by atoms with van der Waals surface area (Å²) in [6.07, 6.45) is 4.34. The van der Waals surface area contributed by atoms with Gasteiger partial charge in [0.1, 0.15) is 0 Å². The number of likely N-dealkylation sites (tertiary alicyclic amines) is 1. The molecule has 0 amide bonds. The highest BCUT2D eigenvalue weighted by molar-refractivity contribution is 5.78. The standard InChI is InChI=1S/C19H23N5/c1-14-7-8-17-18(11-14)23-19(22-17)21-12-16-6-4-10-24(16)13-15-5-2-3-9-20-15/h2-3,5,7-9,11,16H,4,6,10,12-13H2,1H3,(H2,21,22,23). The van der Waals surface area contributed by atoms with Gasteiger partial charge < -0.3 is 10.3 Å². The molecular weight excluding hydrogens is 298 g/mol. The molecule has 1 saturated heterocycles. The fraction of sp³-hybridized carbons (Fsp3) is 0.368. The van der Waals surface area contributed by atoms with Gasteiger partial charge in [-0.25, -0.2) is 4.98 Å². The summed E-state index contributed by atoms with van der Waals surface area (Å²) in [7, 11) is 0. The number of aromatic amines is 1. The van der Waals surface area contributed by atoms with Crippen LogP contribution in [-0.2, 0) is 6.54 Å². The zero-order valence-corrected chi connectivity index (χ0v) is 14.0. The highest BCUT2D eigenvalue weighted by atomic mass is 15.2. The number of aromatic nitrogens is 3. The summed E-state index contributed by atoms with van der Waals surface area (Å²) in [5.74, 6) is 0.861. The van der Waals surface area contributed by atoms with Crippen molar-refractivity contribution in [2.24, 2.45) is 0 Å². The number of pyridine rings is 1. The van der Waals surface area contributed by atoms with Crippen molar-refractivity contribution in [3.8, 4) is 0 Å². The fourth-order valence-corrected chi connectivity index (χ4v) is 3.46. The normalized spacial score (nSPS) is 18.3. The van der Waals surface area contributed by atoms with Crippen molar-refractivity contribution in [2.45, 2.75) is 32.4 Å². The predicted octanol–water partition coefficient (Wildman–Crippen LogP) is 3.34. The van der Waals surface area contributed by atoms with Crippen molar-refractivity contribution in [1.82, 2.24) is 19.9 Å². The summed E-state index contributed by atoms with van der Waals surface area (Å²) < 4.78 is 0. The molecule has 0 spiro atoms. The van der Waals surface area contributed by atoms with E-state index in [0.717, 1.165) is 42.3 Å². The van der Waals surface area contributed by atoms with Gasteiger partial charge in [-0.3, -0.25) is 9.88 Å². The van der Waals surface area contributed by atoms with Gasteiger partial charge in [-0.05, 0) is 56.1 Å². The lowest BCUT2D eigenvalue weighted by atomic mass is 10.2. The maximum atomic E-state index is 4.63. The first-order chi connectivity index (χ1) is 11.8. The molecule has 1 unspecified atom stereocenters. The van der Waals surface area contributed by atoms with E-state index >= 15 is 0 Å². The van der Waals surface area contributed by atoms with Crippen LogP contribution in [0.1, 0.15) is 24.1 Å². The maximum absolute atomic E-state index is 4.63. The maximum Gasteiger partial charge on any atom is 0.201 e. The molecule has 1 fully saturated rings. The first-order valence-electron chi connectivity index (χ1n) is 8.62. The van der Waals surface area contributed by atoms with Crippen molar-refractivity contribution >= 4 is 17.0 Å². The van der Waals surface area contributed by atoms with E-state index in [1.54, 1.807) is 0 Å². The average Bonchev–Trinajstić information content (AvgIpc) is 3.19. The monoisotopic (exact) mass is 321 g/mol. The van der Waals surface area contributed by atoms with E-state index in [9.17, 15) is 0 Å². The van der Waals surface area contributed by atoms with Gasteiger partial charge in [0.2, 0.25) is 5.95 Å². The predicted molar refractivity (Wildman–Crippen MR) is 97.0 cm³/mol. The number of rotatable bonds is 5. The van der Waals surface area contributed by atoms with E-state index < -0.39 is 0 Å². The van der Waals surface area contributed by atoms with Crippen LogP contribution in [0, 0.1) is 6.92 Å². The fourth-order valence-electron chi connectivity index (χ4n) is 3.46. The summed E-state index contributed by atoms with van der Waals surface area (Å²) in [5.41, 5.74) is 4.49. The molecule has 0 aliphatic carbocycles. The summed E-state index contributed by atoms with van der Waals surface area (Å²) in [5, 5.41) is 3.48. The Hall–Kier alpha value is -2.40. The van der Waals surface area contributed by atoms with Gasteiger partial charge >= 0.3 is 0 Å². The lowest BCUT2D eigenvalue weighted by Gasteiger charge is -2.24. The number of benzene rings is 1. The zero-order valence-electron chi connectivity index (χ0n) is 14.0. The zero-order chi connectivity index (χ0) is 16.4. The van der Waals surface area contributed by atoms with E-state index in [0.29, 0.717) is 6.04 Å². The van der Waals surface area contributed by atoms with Crippen molar-refractivity contribution in [3.05, 3.63) is 53.9 Å². The quantitative estimate of drug-likeness (QED) is 0.757. The summed E-state index contributed by atoms with van der Waals surface area (Å²) >= 11 is 0. The number of nitrogens with one attached hydrogen (secondary N) is 2. The third-order valence-corrected chi connectivity index (χ3v) is 4.73. The van der Waals surface area contributed by atoms with E-state index in [-0.39, 0.29) is 0 Å². The molecular formula is C19H23N5. The van der Waals surface area contributed by atoms with Gasteiger partial charge in [0.15, 0.2) is 0 Å². The Bertz CT molecular complexity index is 811. The summed E-state index contributed by atoms with van der Waals surface area (Å²) in [4.78, 5) is 15.0. The molecule has 124 valence electrons. The molecule has 1 aliphatic heterocycles. The van der Waals surface area contributed by atoms with Gasteiger partial charge in [-0.15, -0.1) is 0 Å². The van der Waals surface area contributed by atoms with Crippen molar-refractivity contribution in [3.63, 3.8) is 0 Å². The molecule has 1 aromatic carbocycles. The number of fused-ring (bicyclic) bond motifs is 1. The van der Waals surface area contributed by atoms with Crippen LogP contribution in [0.2, 0.25) is 0 Å². The minimum Gasteiger partial charge on any atom is -0.354 e. The third-order valence-electron chi connectivity index (χ3n) is 4.73. The third kappa shape index (κ3) is 3.26. The molecule has 3 aromatic rings. The second-order valence-electron chi connectivity index (χ2n) is 6.57. The van der Waals surface area contributed by atoms with Crippen LogP contribution in [0.3, 0.4) is 0 Å². The van der Waals surface area contributed by atoms with Gasteiger partial charge in [-0.2, -0.15) is 0 Å². The number of hydrogen-bond donors (Lipinski definition) is 2. The van der Waals surface area contributed by atoms with Crippen LogP contribution in [0.5, 0.6) is 0 Å². The lowest BCUT2D eigenvalue weighted by Crippen LogP contribution is -2.34. The van der Waals surface area contributed by atoms with Crippen molar-refractivity contribution in [2.75, 3.05) is 18.4 Å². The SMILES string of the molecule is Cc1ccc2nc(NCC3CCCN3Cc3ccccn3)[nH]c2c1. The smallest absolute Gasteiger partial charge is 0.201 e. The highest BCUT2D eigenvalue weighted by Crippen LogP contribution is 2.21. The Morgan fingerprint density at radius 2 is 2.25 bits per heavy atom. The van der Waals surface area contributed by atoms with Gasteiger partial charge in [-0.1, -0.05) is 12.1 Å². The molecule has 2 aromatic heterocycles. The number of nitrogens with zero attached hydrogens (tertiary/aromatic N) is 3. The highest BCUT2D eigenvalue weighted by Gasteiger charge is 2.24. The first kappa shape index (κ1) is 15.1. The van der Waals surface area contributed by atoms with E-state index in [1.165, 1.54) is 18.4 Å². The Morgan fingerprint density at radius 3 is 3.12 bits per heavy atom. The van der Waals surface area contributed by atoms with Crippen LogP contribution < -0.4 is 5.32 Å². The first-order valence-corrected chi connectivity index (χ1v) is 8.62. The largest absolute Gasteiger partial charge is 0.354 e. The average molecular weight is 321 g/mol. The Balaban J connectivity index is 1.40. The van der Waals surface area contributed by atoms with Crippen LogP contribution in [-0.4, -0.2) is 39.0 Å². The van der Waals surface area contributed by atoms with Crippen LogP contribution in [0.15, 0.2) is 42.6 Å². The molecule has 2 N–H and O–H groups in total. The minimum absolute atomic E-state index is 0.530. The topological polar surface area (TPSA) is 56.8 Å². The molecule has 5 heteroatoms. The van der Waals surface area contributed by atoms with Crippen LogP contribution in [0.25, 0.3) is 11.0 Å². The summed E-state index contributed by atoms with van der Waals surface area (Å²) in [6.45, 7) is 5.07. The van der Waals surface area contributed by atoms with Crippen LogP contribution in [0.4, 0.5) is 5.95 Å². The molecule has 3 heterocycles. The molecule has 24 heavy (non-hydrogen) atoms. The van der Waals surface area contributed by atoms with Crippen LogP contribution >= 0.6 is 0 Å². The minimum atomic E-state index is 0.530. The molecule has 0 radical (unpaired) electrons. The second-order valence-corrected chi connectivity index (χ2v) is 6.57. The van der Waals surface area contributed by atoms with Crippen molar-refractivity contribution < 1.29 is 0 Å². The van der Waals surface area contributed by atoms with E-state index in [1.807, 2.05) is 12.3 Å². The van der Waals surface area contributed by atoms with Crippen molar-refractivity contribution in [1.29, 1.82) is 0 Å². The molecule has 4 rings (SSSR count). The molecule has 1 aliphatic rings. The van der Waals surface area contributed by atoms with Gasteiger partial charge in [0.25, 0.3) is 0 Å². The molecule has 0 saturated carbocycles. The Labute approximate surface area is 142 Å². The van der Waals surface area contributed by atoms with E-state index in [2.05, 4.69) is 62.4 Å². The number of H-pyrrole nitrogens is 1. The number of imidazole rings is 1. The number of hydrogen-bond acceptors (Lipinski definition) is 4. The summed E-state index contributed by atoms with van der Waals surface area (Å²) in [6, 6.07) is 13.0. The molecule has 1 atom stereocenters. The lowest BCUT2D eigenvalue weighted by molar-refractivity contribution is 0.251. The van der Waals surface area contributed by atoms with Gasteiger partial charge in [0, 0.05) is 25.3 Å². The Kier molecular flexibility index (Phi) is 4.17. The molecule has 0 bridgehead atoms. The van der Waals surface area contributed by atoms with Gasteiger partial charge in [0.05, 0.1) is 16.7 Å². The van der Waals surface area contributed by atoms with E-state index in [4.69, 9.17) is 0 Å².